The molecule has 0 aliphatic heterocycles. The van der Waals surface area contributed by atoms with Crippen molar-refractivity contribution in [1.29, 1.82) is 0 Å². The van der Waals surface area contributed by atoms with Crippen LogP contribution in [0.15, 0.2) is 54.1 Å². The zero-order valence-electron chi connectivity index (χ0n) is 8.77. The van der Waals surface area contributed by atoms with E-state index in [1.165, 1.54) is 6.42 Å². The molecule has 1 aliphatic carbocycles. The molecule has 1 heteroatoms. The Kier molecular flexibility index (Phi) is 2.72. The molecule has 0 bridgehead atoms. The van der Waals surface area contributed by atoms with E-state index in [2.05, 4.69) is 13.0 Å². The Labute approximate surface area is 89.7 Å². The quantitative estimate of drug-likeness (QED) is 0.637. The van der Waals surface area contributed by atoms with Crippen LogP contribution in [-0.2, 0) is 0 Å². The summed E-state index contributed by atoms with van der Waals surface area (Å²) in [5, 5.41) is 11.4. The van der Waals surface area contributed by atoms with Crippen molar-refractivity contribution in [3.05, 3.63) is 54.1 Å². The van der Waals surface area contributed by atoms with E-state index < -0.39 is 0 Å². The average molecular weight is 198 g/mol. The maximum atomic E-state index is 9.37. The van der Waals surface area contributed by atoms with Crippen molar-refractivity contribution < 1.29 is 5.11 Å². The normalized spacial score (nSPS) is 12.7. The van der Waals surface area contributed by atoms with Gasteiger partial charge in [-0.1, -0.05) is 48.0 Å². The number of aromatic hydroxyl groups is 1. The summed E-state index contributed by atoms with van der Waals surface area (Å²) >= 11 is 0. The van der Waals surface area contributed by atoms with Gasteiger partial charge in [-0.15, -0.1) is 0 Å². The molecule has 15 heavy (non-hydrogen) atoms. The van der Waals surface area contributed by atoms with Crippen LogP contribution in [0.4, 0.5) is 0 Å². The van der Waals surface area contributed by atoms with Crippen molar-refractivity contribution in [1.82, 2.24) is 0 Å². The minimum absolute atomic E-state index is 0.350. The minimum atomic E-state index is 0.350. The maximum Gasteiger partial charge on any atom is 0.123 e. The first-order chi connectivity index (χ1) is 7.27. The predicted molar refractivity (Wildman–Crippen MR) is 64.0 cm³/mol. The number of fused-ring (bicyclic) bond motifs is 1. The largest absolute Gasteiger partial charge is 0.507 e. The van der Waals surface area contributed by atoms with Crippen molar-refractivity contribution >= 4 is 10.8 Å². The zero-order valence-corrected chi connectivity index (χ0v) is 8.77. The van der Waals surface area contributed by atoms with Gasteiger partial charge in [0.1, 0.15) is 5.75 Å². The Morgan fingerprint density at radius 3 is 2.20 bits per heavy atom. The summed E-state index contributed by atoms with van der Waals surface area (Å²) in [6, 6.07) is 13.3. The molecule has 0 atom stereocenters. The van der Waals surface area contributed by atoms with E-state index >= 15 is 0 Å². The molecule has 0 heterocycles. The topological polar surface area (TPSA) is 20.2 Å². The molecule has 1 aliphatic rings. The van der Waals surface area contributed by atoms with Crippen LogP contribution in [0.3, 0.4) is 0 Å². The summed E-state index contributed by atoms with van der Waals surface area (Å²) in [5.41, 5.74) is 1.54. The molecule has 0 unspecified atom stereocenters. The van der Waals surface area contributed by atoms with E-state index in [0.717, 1.165) is 10.8 Å². The third-order valence-electron chi connectivity index (χ3n) is 2.38. The number of benzene rings is 2. The van der Waals surface area contributed by atoms with Gasteiger partial charge in [-0.25, -0.2) is 0 Å². The highest BCUT2D eigenvalue weighted by Crippen LogP contribution is 2.22. The second-order valence-electron chi connectivity index (χ2n) is 3.75. The monoisotopic (exact) mass is 198 g/mol. The number of phenols is 1. The molecule has 76 valence electrons. The minimum Gasteiger partial charge on any atom is -0.507 e. The summed E-state index contributed by atoms with van der Waals surface area (Å²) in [4.78, 5) is 0. The van der Waals surface area contributed by atoms with Gasteiger partial charge in [0.2, 0.25) is 0 Å². The lowest BCUT2D eigenvalue weighted by Crippen LogP contribution is -1.70. The van der Waals surface area contributed by atoms with Gasteiger partial charge < -0.3 is 5.11 Å². The Hall–Kier alpha value is -1.76. The van der Waals surface area contributed by atoms with Crippen LogP contribution in [0, 0.1) is 0 Å². The number of allylic oxidation sites excluding steroid dienone is 2. The highest BCUT2D eigenvalue weighted by molar-refractivity contribution is 5.87. The lowest BCUT2D eigenvalue weighted by atomic mass is 10.1. The third kappa shape index (κ3) is 2.59. The standard InChI is InChI=1S/C10H8O.C4H6/c11-10-7-3-5-8-4-1-2-6-9(8)10;1-4-2-3-4/h1-7,11H;2H,3H2,1H3. The van der Waals surface area contributed by atoms with Gasteiger partial charge in [-0.2, -0.15) is 0 Å². The van der Waals surface area contributed by atoms with Crippen LogP contribution in [0.5, 0.6) is 5.75 Å². The zero-order chi connectivity index (χ0) is 10.7. The fourth-order valence-electron chi connectivity index (χ4n) is 1.31. The summed E-state index contributed by atoms with van der Waals surface area (Å²) in [5.74, 6) is 0.350. The molecule has 2 aromatic rings. The lowest BCUT2D eigenvalue weighted by molar-refractivity contribution is 0.481. The summed E-state index contributed by atoms with van der Waals surface area (Å²) in [7, 11) is 0. The van der Waals surface area contributed by atoms with Gasteiger partial charge in [0.25, 0.3) is 0 Å². The first kappa shape index (κ1) is 9.78. The number of phenolic OH excluding ortho intramolecular Hbond substituents is 1. The van der Waals surface area contributed by atoms with Gasteiger partial charge in [0, 0.05) is 5.39 Å². The van der Waals surface area contributed by atoms with Crippen molar-refractivity contribution in [3.63, 3.8) is 0 Å². The molecule has 0 saturated heterocycles. The molecule has 0 radical (unpaired) electrons. The van der Waals surface area contributed by atoms with Gasteiger partial charge >= 0.3 is 0 Å². The molecule has 3 rings (SSSR count). The van der Waals surface area contributed by atoms with Crippen LogP contribution in [0.2, 0.25) is 0 Å². The van der Waals surface area contributed by atoms with Gasteiger partial charge in [0.05, 0.1) is 0 Å². The smallest absolute Gasteiger partial charge is 0.123 e. The third-order valence-corrected chi connectivity index (χ3v) is 2.38. The molecule has 1 nitrogen and oxygen atoms in total. The van der Waals surface area contributed by atoms with E-state index in [4.69, 9.17) is 0 Å². The molecular formula is C14H14O. The van der Waals surface area contributed by atoms with Crippen LogP contribution in [-0.4, -0.2) is 5.11 Å². The van der Waals surface area contributed by atoms with E-state index in [-0.39, 0.29) is 0 Å². The van der Waals surface area contributed by atoms with Crippen molar-refractivity contribution in [3.8, 4) is 5.75 Å². The lowest BCUT2D eigenvalue weighted by Gasteiger charge is -1.97. The van der Waals surface area contributed by atoms with Crippen molar-refractivity contribution in [2.24, 2.45) is 0 Å². The Morgan fingerprint density at radius 1 is 1.00 bits per heavy atom. The Morgan fingerprint density at radius 2 is 1.60 bits per heavy atom. The molecular weight excluding hydrogens is 184 g/mol. The van der Waals surface area contributed by atoms with Gasteiger partial charge in [-0.3, -0.25) is 0 Å². The second-order valence-corrected chi connectivity index (χ2v) is 3.75. The van der Waals surface area contributed by atoms with Gasteiger partial charge in [-0.05, 0) is 24.8 Å². The predicted octanol–water partition coefficient (Wildman–Crippen LogP) is 3.88. The van der Waals surface area contributed by atoms with E-state index in [0.29, 0.717) is 5.75 Å². The Balaban J connectivity index is 0.000000179. The first-order valence-electron chi connectivity index (χ1n) is 5.10. The van der Waals surface area contributed by atoms with E-state index in [9.17, 15) is 5.11 Å². The van der Waals surface area contributed by atoms with Crippen LogP contribution >= 0.6 is 0 Å². The summed E-state index contributed by atoms with van der Waals surface area (Å²) in [6.07, 6.45) is 3.49. The first-order valence-corrected chi connectivity index (χ1v) is 5.10. The molecule has 1 N–H and O–H groups in total. The SMILES string of the molecule is CC1=CC1.Oc1cccc2ccccc12. The number of hydrogen-bond donors (Lipinski definition) is 1. The molecule has 0 amide bonds. The van der Waals surface area contributed by atoms with Crippen LogP contribution in [0.1, 0.15) is 13.3 Å². The highest BCUT2D eigenvalue weighted by Gasteiger charge is 1.94. The fraction of sp³-hybridized carbons (Fsp3) is 0.143. The molecule has 0 aromatic heterocycles. The molecule has 0 spiro atoms. The molecule has 0 saturated carbocycles. The van der Waals surface area contributed by atoms with E-state index in [1.807, 2.05) is 36.4 Å². The van der Waals surface area contributed by atoms with Gasteiger partial charge in [0.15, 0.2) is 0 Å². The molecule has 0 fully saturated rings. The van der Waals surface area contributed by atoms with E-state index in [1.54, 1.807) is 11.6 Å². The van der Waals surface area contributed by atoms with Crippen molar-refractivity contribution in [2.75, 3.05) is 0 Å². The van der Waals surface area contributed by atoms with Crippen LogP contribution < -0.4 is 0 Å². The maximum absolute atomic E-state index is 9.37. The Bertz CT molecular complexity index is 492. The highest BCUT2D eigenvalue weighted by atomic mass is 16.3. The summed E-state index contributed by atoms with van der Waals surface area (Å²) in [6.45, 7) is 2.14. The fourth-order valence-corrected chi connectivity index (χ4v) is 1.31. The average Bonchev–Trinajstić information content (AvgIpc) is 3.03. The number of hydrogen-bond acceptors (Lipinski definition) is 1. The van der Waals surface area contributed by atoms with Crippen LogP contribution in [0.25, 0.3) is 10.8 Å². The van der Waals surface area contributed by atoms with Crippen molar-refractivity contribution in [2.45, 2.75) is 13.3 Å². The number of rotatable bonds is 0. The second kappa shape index (κ2) is 4.18. The summed E-state index contributed by atoms with van der Waals surface area (Å²) < 4.78 is 0. The molecule has 2 aromatic carbocycles.